The van der Waals surface area contributed by atoms with E-state index in [-0.39, 0.29) is 24.6 Å². The molecule has 0 radical (unpaired) electrons. The summed E-state index contributed by atoms with van der Waals surface area (Å²) in [5.74, 6) is 1.56. The maximum absolute atomic E-state index is 12.6. The smallest absolute Gasteiger partial charge is 0.307 e. The maximum Gasteiger partial charge on any atom is 0.307 e. The highest BCUT2D eigenvalue weighted by atomic mass is 33.1. The number of carbonyl (C=O) groups is 2. The van der Waals surface area contributed by atoms with Crippen LogP contribution in [0.25, 0.3) is 0 Å². The van der Waals surface area contributed by atoms with Gasteiger partial charge in [0.2, 0.25) is 0 Å². The summed E-state index contributed by atoms with van der Waals surface area (Å²) in [4.78, 5) is 51.0. The summed E-state index contributed by atoms with van der Waals surface area (Å²) in [5, 5.41) is 5.89. The van der Waals surface area contributed by atoms with Crippen molar-refractivity contribution < 1.29 is 28.5 Å². The molecule has 0 aliphatic heterocycles. The fourth-order valence-corrected chi connectivity index (χ4v) is 8.53. The molecule has 0 amide bonds. The predicted octanol–water partition coefficient (Wildman–Crippen LogP) is 10.3. The van der Waals surface area contributed by atoms with Crippen LogP contribution in [0.4, 0.5) is 11.4 Å². The number of ether oxygens (including phenoxy) is 4. The maximum atomic E-state index is 12.6. The van der Waals surface area contributed by atoms with Gasteiger partial charge in [-0.15, -0.1) is 0 Å². The number of hydrogen-bond acceptors (Lipinski definition) is 13. The summed E-state index contributed by atoms with van der Waals surface area (Å²) >= 11 is 0. The largest absolute Gasteiger partial charge is 0.466 e. The van der Waals surface area contributed by atoms with E-state index in [0.717, 1.165) is 82.4 Å². The third kappa shape index (κ3) is 29.4. The Hall–Kier alpha value is -1.80. The quantitative estimate of drug-likeness (QED) is 0.0212. The van der Waals surface area contributed by atoms with Crippen LogP contribution in [-0.2, 0) is 28.5 Å². The van der Waals surface area contributed by atoms with E-state index in [4.69, 9.17) is 18.9 Å². The minimum atomic E-state index is -0.481. The standard InChI is InChI=1S/C45H83N3O8S2/c1-5-8-11-14-15-16-19-24-37-57-58-38-36-54-40(50)28-32-48(31-25-29-47-43-42(46-4)44(51)45(43)52)30-20-17-18-23-33-53-39(49)26-27-41(55-34-21-12-9-6-2)56-35-22-13-10-7-3/h41,46-47H,5-38H2,1-4H3. The van der Waals surface area contributed by atoms with Crippen LogP contribution in [0.2, 0.25) is 0 Å². The highest BCUT2D eigenvalue weighted by molar-refractivity contribution is 8.76. The van der Waals surface area contributed by atoms with Gasteiger partial charge >= 0.3 is 11.9 Å². The number of anilines is 2. The molecule has 13 heteroatoms. The first-order chi connectivity index (χ1) is 28.4. The Morgan fingerprint density at radius 1 is 0.552 bits per heavy atom. The predicted molar refractivity (Wildman–Crippen MR) is 246 cm³/mol. The highest BCUT2D eigenvalue weighted by Crippen LogP contribution is 2.23. The third-order valence-corrected chi connectivity index (χ3v) is 12.6. The lowest BCUT2D eigenvalue weighted by atomic mass is 10.1. The number of rotatable bonds is 44. The molecule has 58 heavy (non-hydrogen) atoms. The fourth-order valence-electron chi connectivity index (χ4n) is 6.56. The number of esters is 2. The van der Waals surface area contributed by atoms with Gasteiger partial charge in [0.25, 0.3) is 10.9 Å². The number of hydrogen-bond donors (Lipinski definition) is 2. The van der Waals surface area contributed by atoms with Crippen LogP contribution in [0, 0.1) is 0 Å². The second-order valence-corrected chi connectivity index (χ2v) is 18.0. The van der Waals surface area contributed by atoms with Crippen molar-refractivity contribution in [1.82, 2.24) is 4.90 Å². The zero-order valence-electron chi connectivity index (χ0n) is 37.1. The Labute approximate surface area is 360 Å². The van der Waals surface area contributed by atoms with Gasteiger partial charge in [0.05, 0.1) is 19.4 Å². The van der Waals surface area contributed by atoms with Crippen molar-refractivity contribution in [2.75, 3.05) is 81.8 Å². The summed E-state index contributed by atoms with van der Waals surface area (Å²) in [7, 11) is 5.29. The fraction of sp³-hybridized carbons (Fsp3) is 0.867. The summed E-state index contributed by atoms with van der Waals surface area (Å²) in [5.41, 5.74) is -0.263. The average Bonchev–Trinajstić information content (AvgIpc) is 3.23. The third-order valence-electron chi connectivity index (χ3n) is 10.2. The molecule has 0 bridgehead atoms. The lowest BCUT2D eigenvalue weighted by Gasteiger charge is -2.22. The van der Waals surface area contributed by atoms with E-state index in [1.54, 1.807) is 17.8 Å². The molecule has 0 fully saturated rings. The zero-order valence-corrected chi connectivity index (χ0v) is 38.8. The molecule has 0 saturated carbocycles. The van der Waals surface area contributed by atoms with Crippen molar-refractivity contribution in [1.29, 1.82) is 0 Å². The van der Waals surface area contributed by atoms with Crippen LogP contribution in [0.1, 0.15) is 175 Å². The molecule has 0 unspecified atom stereocenters. The summed E-state index contributed by atoms with van der Waals surface area (Å²) < 4.78 is 23.1. The van der Waals surface area contributed by atoms with E-state index in [1.807, 2.05) is 10.8 Å². The van der Waals surface area contributed by atoms with Crippen molar-refractivity contribution in [3.63, 3.8) is 0 Å². The molecule has 1 aromatic rings. The molecule has 1 aromatic carbocycles. The molecule has 1 rings (SSSR count). The normalized spacial score (nSPS) is 11.6. The molecule has 338 valence electrons. The van der Waals surface area contributed by atoms with E-state index in [9.17, 15) is 19.2 Å². The van der Waals surface area contributed by atoms with E-state index in [2.05, 4.69) is 36.3 Å². The molecular formula is C45H83N3O8S2. The van der Waals surface area contributed by atoms with Crippen molar-refractivity contribution in [2.24, 2.45) is 0 Å². The van der Waals surface area contributed by atoms with Gasteiger partial charge in [-0.25, -0.2) is 0 Å². The molecule has 0 heterocycles. The minimum Gasteiger partial charge on any atom is -0.466 e. The van der Waals surface area contributed by atoms with Gasteiger partial charge in [-0.3, -0.25) is 19.2 Å². The Morgan fingerprint density at radius 2 is 1.05 bits per heavy atom. The van der Waals surface area contributed by atoms with Gasteiger partial charge in [0, 0.05) is 51.3 Å². The molecule has 0 aliphatic carbocycles. The second kappa shape index (κ2) is 39.3. The zero-order chi connectivity index (χ0) is 42.3. The average molecular weight is 858 g/mol. The van der Waals surface area contributed by atoms with Crippen LogP contribution in [0.5, 0.6) is 0 Å². The van der Waals surface area contributed by atoms with Crippen LogP contribution in [0.15, 0.2) is 9.59 Å². The van der Waals surface area contributed by atoms with Crippen LogP contribution < -0.4 is 21.5 Å². The topological polar surface area (TPSA) is 132 Å². The molecular weight excluding hydrogens is 775 g/mol. The number of carbonyl (C=O) groups excluding carboxylic acids is 2. The van der Waals surface area contributed by atoms with E-state index >= 15 is 0 Å². The minimum absolute atomic E-state index is 0.176. The van der Waals surface area contributed by atoms with Gasteiger partial charge in [0.1, 0.15) is 18.0 Å². The van der Waals surface area contributed by atoms with Crippen molar-refractivity contribution in [3.8, 4) is 0 Å². The summed E-state index contributed by atoms with van der Waals surface area (Å²) in [6, 6.07) is 0. The SMILES string of the molecule is CCCCCCCCCCSSCCOC(=O)CCN(CCCCCCOC(=O)CCC(OCCCCCC)OCCCCCC)CCCNc1c(NC)c(=O)c1=O. The Kier molecular flexibility index (Phi) is 36.8. The molecule has 0 aliphatic rings. The van der Waals surface area contributed by atoms with Gasteiger partial charge in [-0.1, -0.05) is 139 Å². The lowest BCUT2D eigenvalue weighted by molar-refractivity contribution is -0.159. The molecule has 0 spiro atoms. The van der Waals surface area contributed by atoms with Gasteiger partial charge in [-0.05, 0) is 51.6 Å². The highest BCUT2D eigenvalue weighted by Gasteiger charge is 2.19. The van der Waals surface area contributed by atoms with E-state index in [1.165, 1.54) is 77.0 Å². The van der Waals surface area contributed by atoms with Crippen LogP contribution in [0.3, 0.4) is 0 Å². The lowest BCUT2D eigenvalue weighted by Crippen LogP contribution is -2.37. The van der Waals surface area contributed by atoms with Crippen LogP contribution >= 0.6 is 21.6 Å². The van der Waals surface area contributed by atoms with Crippen molar-refractivity contribution in [3.05, 3.63) is 20.4 Å². The molecule has 2 N–H and O–H groups in total. The van der Waals surface area contributed by atoms with Crippen molar-refractivity contribution in [2.45, 2.75) is 181 Å². The molecule has 0 aromatic heterocycles. The Bertz CT molecular complexity index is 1190. The van der Waals surface area contributed by atoms with Gasteiger partial charge in [0.15, 0.2) is 6.29 Å². The van der Waals surface area contributed by atoms with Crippen LogP contribution in [-0.4, -0.2) is 94.3 Å². The molecule has 11 nitrogen and oxygen atoms in total. The first-order valence-electron chi connectivity index (χ1n) is 23.1. The van der Waals surface area contributed by atoms with Gasteiger partial charge in [-0.2, -0.15) is 0 Å². The Morgan fingerprint density at radius 3 is 1.71 bits per heavy atom. The second-order valence-electron chi connectivity index (χ2n) is 15.3. The van der Waals surface area contributed by atoms with E-state index < -0.39 is 10.9 Å². The number of unbranched alkanes of at least 4 members (excludes halogenated alkanes) is 16. The summed E-state index contributed by atoms with van der Waals surface area (Å²) in [6.45, 7) is 11.5. The summed E-state index contributed by atoms with van der Waals surface area (Å²) in [6.07, 6.45) is 24.9. The van der Waals surface area contributed by atoms with Gasteiger partial charge < -0.3 is 34.5 Å². The number of nitrogens with one attached hydrogen (secondary N) is 2. The monoisotopic (exact) mass is 858 g/mol. The first kappa shape index (κ1) is 54.2. The molecule has 0 atom stereocenters. The Balaban J connectivity index is 2.35. The molecule has 0 saturated heterocycles. The van der Waals surface area contributed by atoms with E-state index in [0.29, 0.717) is 63.7 Å². The number of nitrogens with zero attached hydrogens (tertiary/aromatic N) is 1. The van der Waals surface area contributed by atoms with Crippen molar-refractivity contribution >= 4 is 44.9 Å². The first-order valence-corrected chi connectivity index (χ1v) is 25.6.